The molecule has 1 heterocycles. The molecule has 3 nitrogen and oxygen atoms in total. The molecule has 0 aromatic heterocycles. The Morgan fingerprint density at radius 2 is 2.14 bits per heavy atom. The van der Waals surface area contributed by atoms with Gasteiger partial charge in [-0.25, -0.2) is 0 Å². The molecular formula is C11H24N2O. The molecule has 1 rings (SSSR count). The largest absolute Gasteiger partial charge is 0.377 e. The minimum Gasteiger partial charge on any atom is -0.377 e. The van der Waals surface area contributed by atoms with Gasteiger partial charge in [0.2, 0.25) is 0 Å². The third kappa shape index (κ3) is 3.95. The van der Waals surface area contributed by atoms with Crippen LogP contribution < -0.4 is 0 Å². The standard InChI is InChI=1S/C11H24N2O/c1-10(2)14-8-7-13-6-5-11(9-13)12(3)4/h10-11H,5-9H2,1-4H3. The van der Waals surface area contributed by atoms with E-state index in [-0.39, 0.29) is 0 Å². The Hall–Kier alpha value is -0.120. The lowest BCUT2D eigenvalue weighted by Gasteiger charge is -2.20. The van der Waals surface area contributed by atoms with Crippen LogP contribution in [0, 0.1) is 0 Å². The van der Waals surface area contributed by atoms with E-state index >= 15 is 0 Å². The van der Waals surface area contributed by atoms with E-state index in [9.17, 15) is 0 Å². The van der Waals surface area contributed by atoms with Crippen molar-refractivity contribution in [3.05, 3.63) is 0 Å². The van der Waals surface area contributed by atoms with E-state index in [1.54, 1.807) is 0 Å². The molecule has 84 valence electrons. The fourth-order valence-corrected chi connectivity index (χ4v) is 1.85. The van der Waals surface area contributed by atoms with Gasteiger partial charge in [-0.1, -0.05) is 0 Å². The summed E-state index contributed by atoms with van der Waals surface area (Å²) >= 11 is 0. The monoisotopic (exact) mass is 200 g/mol. The summed E-state index contributed by atoms with van der Waals surface area (Å²) in [6.07, 6.45) is 1.66. The first kappa shape index (κ1) is 12.0. The molecule has 0 N–H and O–H groups in total. The van der Waals surface area contributed by atoms with E-state index in [0.717, 1.165) is 19.2 Å². The first-order valence-electron chi connectivity index (χ1n) is 5.60. The second-order valence-corrected chi connectivity index (χ2v) is 4.63. The summed E-state index contributed by atoms with van der Waals surface area (Å²) in [6, 6.07) is 0.744. The smallest absolute Gasteiger partial charge is 0.0596 e. The summed E-state index contributed by atoms with van der Waals surface area (Å²) in [7, 11) is 4.33. The van der Waals surface area contributed by atoms with Gasteiger partial charge in [-0.3, -0.25) is 4.90 Å². The van der Waals surface area contributed by atoms with Gasteiger partial charge < -0.3 is 9.64 Å². The van der Waals surface area contributed by atoms with Gasteiger partial charge in [0, 0.05) is 19.1 Å². The van der Waals surface area contributed by atoms with Crippen molar-refractivity contribution >= 4 is 0 Å². The van der Waals surface area contributed by atoms with Gasteiger partial charge in [0.1, 0.15) is 0 Å². The van der Waals surface area contributed by atoms with Crippen LogP contribution in [0.15, 0.2) is 0 Å². The van der Waals surface area contributed by atoms with E-state index in [1.807, 2.05) is 0 Å². The van der Waals surface area contributed by atoms with Crippen molar-refractivity contribution < 1.29 is 4.74 Å². The molecule has 14 heavy (non-hydrogen) atoms. The van der Waals surface area contributed by atoms with Crippen molar-refractivity contribution in [1.29, 1.82) is 0 Å². The quantitative estimate of drug-likeness (QED) is 0.659. The Bertz CT molecular complexity index is 159. The second kappa shape index (κ2) is 5.69. The topological polar surface area (TPSA) is 15.7 Å². The normalized spacial score (nSPS) is 24.0. The molecule has 0 bridgehead atoms. The number of ether oxygens (including phenoxy) is 1. The second-order valence-electron chi connectivity index (χ2n) is 4.63. The summed E-state index contributed by atoms with van der Waals surface area (Å²) in [5.74, 6) is 0. The Morgan fingerprint density at radius 3 is 2.64 bits per heavy atom. The third-order valence-corrected chi connectivity index (χ3v) is 2.84. The van der Waals surface area contributed by atoms with Crippen molar-refractivity contribution in [1.82, 2.24) is 9.80 Å². The summed E-state index contributed by atoms with van der Waals surface area (Å²) in [4.78, 5) is 4.82. The summed E-state index contributed by atoms with van der Waals surface area (Å²) < 4.78 is 5.54. The van der Waals surface area contributed by atoms with Gasteiger partial charge >= 0.3 is 0 Å². The van der Waals surface area contributed by atoms with Crippen LogP contribution in [-0.2, 0) is 4.74 Å². The molecule has 1 unspecified atom stereocenters. The zero-order chi connectivity index (χ0) is 10.6. The summed E-state index contributed by atoms with van der Waals surface area (Å²) in [5, 5.41) is 0. The van der Waals surface area contributed by atoms with Crippen molar-refractivity contribution in [2.24, 2.45) is 0 Å². The minimum absolute atomic E-state index is 0.363. The molecule has 0 aromatic carbocycles. The highest BCUT2D eigenvalue weighted by Crippen LogP contribution is 2.12. The van der Waals surface area contributed by atoms with Gasteiger partial charge in [-0.05, 0) is 40.9 Å². The molecule has 0 spiro atoms. The highest BCUT2D eigenvalue weighted by Gasteiger charge is 2.23. The van der Waals surface area contributed by atoms with E-state index in [4.69, 9.17) is 4.74 Å². The molecular weight excluding hydrogens is 176 g/mol. The maximum absolute atomic E-state index is 5.54. The Kier molecular flexibility index (Phi) is 4.85. The molecule has 1 aliphatic rings. The zero-order valence-corrected chi connectivity index (χ0v) is 9.99. The molecule has 1 atom stereocenters. The molecule has 1 fully saturated rings. The van der Waals surface area contributed by atoms with Crippen LogP contribution in [0.2, 0.25) is 0 Å². The van der Waals surface area contributed by atoms with E-state index in [1.165, 1.54) is 19.5 Å². The average Bonchev–Trinajstić information content (AvgIpc) is 2.52. The predicted molar refractivity (Wildman–Crippen MR) is 59.6 cm³/mol. The highest BCUT2D eigenvalue weighted by molar-refractivity contribution is 4.80. The van der Waals surface area contributed by atoms with Gasteiger partial charge in [-0.2, -0.15) is 0 Å². The van der Waals surface area contributed by atoms with Crippen molar-refractivity contribution in [3.63, 3.8) is 0 Å². The molecule has 1 saturated heterocycles. The molecule has 0 saturated carbocycles. The predicted octanol–water partition coefficient (Wildman–Crippen LogP) is 1.05. The fraction of sp³-hybridized carbons (Fsp3) is 1.00. The number of likely N-dealkylation sites (N-methyl/N-ethyl adjacent to an activating group) is 1. The average molecular weight is 200 g/mol. The molecule has 1 aliphatic heterocycles. The van der Waals surface area contributed by atoms with Gasteiger partial charge in [0.05, 0.1) is 12.7 Å². The number of likely N-dealkylation sites (tertiary alicyclic amines) is 1. The lowest BCUT2D eigenvalue weighted by atomic mass is 10.2. The Morgan fingerprint density at radius 1 is 1.43 bits per heavy atom. The molecule has 3 heteroatoms. The van der Waals surface area contributed by atoms with Crippen molar-refractivity contribution in [2.45, 2.75) is 32.4 Å². The number of hydrogen-bond acceptors (Lipinski definition) is 3. The highest BCUT2D eigenvalue weighted by atomic mass is 16.5. The SMILES string of the molecule is CC(C)OCCN1CCC(N(C)C)C1. The fourth-order valence-electron chi connectivity index (χ4n) is 1.85. The Labute approximate surface area is 88.0 Å². The maximum atomic E-state index is 5.54. The van der Waals surface area contributed by atoms with Crippen LogP contribution in [0.5, 0.6) is 0 Å². The number of nitrogens with zero attached hydrogens (tertiary/aromatic N) is 2. The van der Waals surface area contributed by atoms with E-state index < -0.39 is 0 Å². The lowest BCUT2D eigenvalue weighted by Crippen LogP contribution is -2.33. The third-order valence-electron chi connectivity index (χ3n) is 2.84. The lowest BCUT2D eigenvalue weighted by molar-refractivity contribution is 0.0624. The van der Waals surface area contributed by atoms with Crippen LogP contribution in [0.1, 0.15) is 20.3 Å². The van der Waals surface area contributed by atoms with Crippen LogP contribution in [0.3, 0.4) is 0 Å². The molecule has 0 radical (unpaired) electrons. The van der Waals surface area contributed by atoms with Crippen LogP contribution in [0.4, 0.5) is 0 Å². The minimum atomic E-state index is 0.363. The van der Waals surface area contributed by atoms with E-state index in [2.05, 4.69) is 37.7 Å². The molecule has 0 aromatic rings. The van der Waals surface area contributed by atoms with E-state index in [0.29, 0.717) is 6.10 Å². The Balaban J connectivity index is 2.10. The van der Waals surface area contributed by atoms with Gasteiger partial charge in [-0.15, -0.1) is 0 Å². The summed E-state index contributed by atoms with van der Waals surface area (Å²) in [6.45, 7) is 8.57. The molecule has 0 aliphatic carbocycles. The zero-order valence-electron chi connectivity index (χ0n) is 9.99. The molecule has 0 amide bonds. The van der Waals surface area contributed by atoms with Gasteiger partial charge in [0.15, 0.2) is 0 Å². The first-order valence-corrected chi connectivity index (χ1v) is 5.60. The van der Waals surface area contributed by atoms with Gasteiger partial charge in [0.25, 0.3) is 0 Å². The first-order chi connectivity index (χ1) is 6.59. The van der Waals surface area contributed by atoms with Crippen molar-refractivity contribution in [3.8, 4) is 0 Å². The number of rotatable bonds is 5. The summed E-state index contributed by atoms with van der Waals surface area (Å²) in [5.41, 5.74) is 0. The number of hydrogen-bond donors (Lipinski definition) is 0. The van der Waals surface area contributed by atoms with Crippen molar-refractivity contribution in [2.75, 3.05) is 40.3 Å². The maximum Gasteiger partial charge on any atom is 0.0596 e. The van der Waals surface area contributed by atoms with Crippen LogP contribution >= 0.6 is 0 Å². The van der Waals surface area contributed by atoms with Crippen LogP contribution in [0.25, 0.3) is 0 Å². The van der Waals surface area contributed by atoms with Crippen LogP contribution in [-0.4, -0.2) is 62.3 Å².